The molecule has 2 N–H and O–H groups in total. The minimum absolute atomic E-state index is 0.797. The number of ether oxygens (including phenoxy) is 1. The summed E-state index contributed by atoms with van der Waals surface area (Å²) in [7, 11) is 1.69. The topological polar surface area (TPSA) is 35.2 Å². The second-order valence-corrected chi connectivity index (χ2v) is 4.76. The molecule has 0 aliphatic heterocycles. The fraction of sp³-hybridized carbons (Fsp3) is 0.111. The SMILES string of the molecule is COc1sc2ccc(N)cc2c1I. The zero-order chi connectivity index (χ0) is 9.42. The van der Waals surface area contributed by atoms with E-state index in [1.807, 2.05) is 18.2 Å². The Hall–Kier alpha value is -0.490. The van der Waals surface area contributed by atoms with Gasteiger partial charge in [0.15, 0.2) is 5.06 Å². The van der Waals surface area contributed by atoms with Crippen molar-refractivity contribution in [3.63, 3.8) is 0 Å². The number of halogens is 1. The van der Waals surface area contributed by atoms with Gasteiger partial charge in [0, 0.05) is 15.8 Å². The van der Waals surface area contributed by atoms with Crippen LogP contribution in [0.2, 0.25) is 0 Å². The van der Waals surface area contributed by atoms with Crippen molar-refractivity contribution >= 4 is 49.7 Å². The third-order valence-corrected chi connectivity index (χ3v) is 4.38. The molecule has 0 aliphatic carbocycles. The normalized spacial score (nSPS) is 10.6. The summed E-state index contributed by atoms with van der Waals surface area (Å²) in [6.07, 6.45) is 0. The predicted molar refractivity (Wildman–Crippen MR) is 65.5 cm³/mol. The summed E-state index contributed by atoms with van der Waals surface area (Å²) < 4.78 is 7.60. The first-order chi connectivity index (χ1) is 6.22. The molecule has 0 spiro atoms. The average Bonchev–Trinajstić information content (AvgIpc) is 2.44. The summed E-state index contributed by atoms with van der Waals surface area (Å²) in [6, 6.07) is 5.92. The van der Waals surface area contributed by atoms with E-state index in [9.17, 15) is 0 Å². The summed E-state index contributed by atoms with van der Waals surface area (Å²) in [4.78, 5) is 0. The molecular weight excluding hydrogens is 297 g/mol. The fourth-order valence-corrected chi connectivity index (χ4v) is 3.26. The summed E-state index contributed by atoms with van der Waals surface area (Å²) in [6.45, 7) is 0. The lowest BCUT2D eigenvalue weighted by molar-refractivity contribution is 0.425. The van der Waals surface area contributed by atoms with Crippen LogP contribution in [0.5, 0.6) is 5.06 Å². The predicted octanol–water partition coefficient (Wildman–Crippen LogP) is 3.10. The van der Waals surface area contributed by atoms with E-state index in [0.717, 1.165) is 14.3 Å². The Balaban J connectivity index is 2.77. The minimum Gasteiger partial charge on any atom is -0.486 e. The first-order valence-corrected chi connectivity index (χ1v) is 5.63. The molecule has 0 saturated heterocycles. The summed E-state index contributed by atoms with van der Waals surface area (Å²) in [5, 5.41) is 2.14. The van der Waals surface area contributed by atoms with Crippen LogP contribution in [0.4, 0.5) is 5.69 Å². The van der Waals surface area contributed by atoms with Gasteiger partial charge >= 0.3 is 0 Å². The van der Waals surface area contributed by atoms with E-state index >= 15 is 0 Å². The zero-order valence-corrected chi connectivity index (χ0v) is 9.98. The van der Waals surface area contributed by atoms with Crippen LogP contribution < -0.4 is 10.5 Å². The second kappa shape index (κ2) is 3.34. The number of rotatable bonds is 1. The molecule has 4 heteroatoms. The molecule has 68 valence electrons. The Morgan fingerprint density at radius 2 is 2.23 bits per heavy atom. The fourth-order valence-electron chi connectivity index (χ4n) is 1.19. The van der Waals surface area contributed by atoms with Crippen molar-refractivity contribution < 1.29 is 4.74 Å². The molecule has 1 aromatic heterocycles. The molecule has 0 atom stereocenters. The molecule has 0 saturated carbocycles. The van der Waals surface area contributed by atoms with Crippen molar-refractivity contribution in [3.05, 3.63) is 21.8 Å². The number of benzene rings is 1. The number of hydrogen-bond donors (Lipinski definition) is 1. The van der Waals surface area contributed by atoms with Gasteiger partial charge in [-0.1, -0.05) is 11.3 Å². The largest absolute Gasteiger partial charge is 0.486 e. The van der Waals surface area contributed by atoms with Crippen LogP contribution >= 0.6 is 33.9 Å². The Kier molecular flexibility index (Phi) is 2.33. The van der Waals surface area contributed by atoms with Gasteiger partial charge in [0.1, 0.15) is 0 Å². The first-order valence-electron chi connectivity index (χ1n) is 3.74. The number of hydrogen-bond acceptors (Lipinski definition) is 3. The molecule has 0 radical (unpaired) electrons. The van der Waals surface area contributed by atoms with E-state index in [1.165, 1.54) is 10.1 Å². The second-order valence-electron chi connectivity index (χ2n) is 2.66. The quantitative estimate of drug-likeness (QED) is 0.649. The maximum absolute atomic E-state index is 5.70. The van der Waals surface area contributed by atoms with Gasteiger partial charge in [-0.2, -0.15) is 0 Å². The maximum atomic E-state index is 5.70. The monoisotopic (exact) mass is 305 g/mol. The number of nitrogen functional groups attached to an aromatic ring is 1. The number of methoxy groups -OCH3 is 1. The van der Waals surface area contributed by atoms with E-state index in [2.05, 4.69) is 22.6 Å². The number of nitrogens with two attached hydrogens (primary N) is 1. The summed E-state index contributed by atoms with van der Waals surface area (Å²) in [5.41, 5.74) is 6.50. The van der Waals surface area contributed by atoms with Crippen molar-refractivity contribution in [2.45, 2.75) is 0 Å². The van der Waals surface area contributed by atoms with E-state index in [4.69, 9.17) is 10.5 Å². The van der Waals surface area contributed by atoms with Crippen LogP contribution in [-0.4, -0.2) is 7.11 Å². The molecule has 2 aromatic rings. The highest BCUT2D eigenvalue weighted by molar-refractivity contribution is 14.1. The molecule has 13 heavy (non-hydrogen) atoms. The van der Waals surface area contributed by atoms with E-state index in [-0.39, 0.29) is 0 Å². The maximum Gasteiger partial charge on any atom is 0.188 e. The lowest BCUT2D eigenvalue weighted by Gasteiger charge is -1.94. The van der Waals surface area contributed by atoms with Crippen LogP contribution in [0.1, 0.15) is 0 Å². The Bertz CT molecular complexity index is 452. The zero-order valence-electron chi connectivity index (χ0n) is 7.00. The average molecular weight is 305 g/mol. The van der Waals surface area contributed by atoms with E-state index in [1.54, 1.807) is 18.4 Å². The molecule has 0 fully saturated rings. The van der Waals surface area contributed by atoms with Gasteiger partial charge in [0.2, 0.25) is 0 Å². The Labute approximate surface area is 93.8 Å². The number of fused-ring (bicyclic) bond motifs is 1. The van der Waals surface area contributed by atoms with Gasteiger partial charge in [-0.05, 0) is 40.8 Å². The third-order valence-electron chi connectivity index (χ3n) is 1.81. The molecule has 0 aliphatic rings. The van der Waals surface area contributed by atoms with Gasteiger partial charge in [-0.15, -0.1) is 0 Å². The number of thiophene rings is 1. The first kappa shape index (κ1) is 9.08. The van der Waals surface area contributed by atoms with Gasteiger partial charge < -0.3 is 10.5 Å². The molecule has 0 unspecified atom stereocenters. The summed E-state index contributed by atoms with van der Waals surface area (Å²) in [5.74, 6) is 0. The molecule has 0 amide bonds. The van der Waals surface area contributed by atoms with Crippen LogP contribution in [0.15, 0.2) is 18.2 Å². The van der Waals surface area contributed by atoms with Crippen LogP contribution in [0.3, 0.4) is 0 Å². The molecule has 0 bridgehead atoms. The Morgan fingerprint density at radius 3 is 2.92 bits per heavy atom. The van der Waals surface area contributed by atoms with Crippen molar-refractivity contribution in [3.8, 4) is 5.06 Å². The summed E-state index contributed by atoms with van der Waals surface area (Å²) >= 11 is 3.93. The lowest BCUT2D eigenvalue weighted by atomic mass is 10.2. The Morgan fingerprint density at radius 1 is 1.46 bits per heavy atom. The van der Waals surface area contributed by atoms with Gasteiger partial charge in [0.25, 0.3) is 0 Å². The highest BCUT2D eigenvalue weighted by atomic mass is 127. The molecule has 1 aromatic carbocycles. The number of anilines is 1. The smallest absolute Gasteiger partial charge is 0.188 e. The molecule has 2 rings (SSSR count). The van der Waals surface area contributed by atoms with Crippen molar-refractivity contribution in [1.82, 2.24) is 0 Å². The highest BCUT2D eigenvalue weighted by Crippen LogP contribution is 2.38. The standard InChI is InChI=1S/C9H8INOS/c1-12-9-8(10)6-4-5(11)2-3-7(6)13-9/h2-4H,11H2,1H3. The van der Waals surface area contributed by atoms with Crippen molar-refractivity contribution in [1.29, 1.82) is 0 Å². The van der Waals surface area contributed by atoms with Crippen molar-refractivity contribution in [2.75, 3.05) is 12.8 Å². The van der Waals surface area contributed by atoms with Gasteiger partial charge in [-0.25, -0.2) is 0 Å². The van der Waals surface area contributed by atoms with E-state index < -0.39 is 0 Å². The minimum atomic E-state index is 0.797. The van der Waals surface area contributed by atoms with Crippen molar-refractivity contribution in [2.24, 2.45) is 0 Å². The highest BCUT2D eigenvalue weighted by Gasteiger charge is 2.09. The van der Waals surface area contributed by atoms with Gasteiger partial charge in [-0.3, -0.25) is 0 Å². The van der Waals surface area contributed by atoms with Crippen LogP contribution in [0, 0.1) is 3.57 Å². The van der Waals surface area contributed by atoms with Crippen LogP contribution in [-0.2, 0) is 0 Å². The third kappa shape index (κ3) is 1.48. The lowest BCUT2D eigenvalue weighted by Crippen LogP contribution is -1.83. The molecule has 1 heterocycles. The molecule has 2 nitrogen and oxygen atoms in total. The van der Waals surface area contributed by atoms with Crippen LogP contribution in [0.25, 0.3) is 10.1 Å². The van der Waals surface area contributed by atoms with Gasteiger partial charge in [0.05, 0.1) is 10.7 Å². The van der Waals surface area contributed by atoms with E-state index in [0.29, 0.717) is 0 Å². The molecular formula is C9H8INOS.